The number of primary amides is 1. The van der Waals surface area contributed by atoms with E-state index in [0.29, 0.717) is 24.3 Å². The Morgan fingerprint density at radius 1 is 1.12 bits per heavy atom. The molecule has 0 atom stereocenters. The monoisotopic (exact) mass is 456 g/mol. The summed E-state index contributed by atoms with van der Waals surface area (Å²) in [6.07, 6.45) is -3.75. The van der Waals surface area contributed by atoms with Gasteiger partial charge in [-0.3, -0.25) is 9.69 Å². The highest BCUT2D eigenvalue weighted by Gasteiger charge is 2.36. The minimum atomic E-state index is -4.57. The minimum Gasteiger partial charge on any atom is -0.371 e. The van der Waals surface area contributed by atoms with Crippen LogP contribution in [-0.2, 0) is 25.7 Å². The number of nitrogens with zero attached hydrogens (tertiary/aromatic N) is 5. The predicted molar refractivity (Wildman–Crippen MR) is 104 cm³/mol. The second-order valence-electron chi connectivity index (χ2n) is 8.01. The number of hydrogen-bond acceptors (Lipinski definition) is 6. The van der Waals surface area contributed by atoms with Crippen LogP contribution in [0.1, 0.15) is 46.0 Å². The van der Waals surface area contributed by atoms with Gasteiger partial charge in [-0.1, -0.05) is 0 Å². The van der Waals surface area contributed by atoms with E-state index < -0.39 is 23.7 Å². The first kappa shape index (κ1) is 22.3. The zero-order valence-corrected chi connectivity index (χ0v) is 17.0. The number of pyridine rings is 1. The van der Waals surface area contributed by atoms with Gasteiger partial charge >= 0.3 is 6.18 Å². The molecule has 0 spiro atoms. The molecule has 0 bridgehead atoms. The first-order valence-electron chi connectivity index (χ1n) is 10.1. The van der Waals surface area contributed by atoms with Crippen molar-refractivity contribution >= 4 is 11.6 Å². The van der Waals surface area contributed by atoms with Crippen molar-refractivity contribution in [3.63, 3.8) is 0 Å². The van der Waals surface area contributed by atoms with E-state index in [1.807, 2.05) is 9.80 Å². The van der Waals surface area contributed by atoms with Gasteiger partial charge < -0.3 is 10.6 Å². The Hall–Kier alpha value is -2.89. The van der Waals surface area contributed by atoms with Crippen molar-refractivity contribution in [3.8, 4) is 0 Å². The van der Waals surface area contributed by atoms with Crippen LogP contribution in [0.3, 0.4) is 0 Å². The highest BCUT2D eigenvalue weighted by molar-refractivity contribution is 5.92. The molecule has 2 N–H and O–H groups in total. The molecule has 0 radical (unpaired) electrons. The lowest BCUT2D eigenvalue weighted by Gasteiger charge is -2.37. The molecule has 2 aliphatic heterocycles. The number of carbonyl (C=O) groups is 1. The second-order valence-corrected chi connectivity index (χ2v) is 8.01. The van der Waals surface area contributed by atoms with Crippen molar-refractivity contribution in [1.82, 2.24) is 19.9 Å². The summed E-state index contributed by atoms with van der Waals surface area (Å²) in [4.78, 5) is 27.0. The molecule has 0 saturated carbocycles. The molecule has 32 heavy (non-hydrogen) atoms. The molecule has 1 fully saturated rings. The van der Waals surface area contributed by atoms with Crippen LogP contribution in [0.25, 0.3) is 0 Å². The molecule has 0 aromatic carbocycles. The van der Waals surface area contributed by atoms with Crippen LogP contribution in [0.2, 0.25) is 0 Å². The molecule has 2 aromatic rings. The van der Waals surface area contributed by atoms with Gasteiger partial charge in [-0.2, -0.15) is 13.2 Å². The third-order valence-corrected chi connectivity index (χ3v) is 5.73. The molecule has 1 amide bonds. The van der Waals surface area contributed by atoms with E-state index in [-0.39, 0.29) is 50.4 Å². The molecule has 7 nitrogen and oxygen atoms in total. The molecular weight excluding hydrogens is 435 g/mol. The van der Waals surface area contributed by atoms with Crippen LogP contribution in [-0.4, -0.2) is 51.3 Å². The van der Waals surface area contributed by atoms with E-state index in [1.165, 1.54) is 0 Å². The fourth-order valence-electron chi connectivity index (χ4n) is 4.06. The van der Waals surface area contributed by atoms with E-state index in [4.69, 9.17) is 5.73 Å². The van der Waals surface area contributed by atoms with Gasteiger partial charge in [-0.25, -0.2) is 23.7 Å². The number of hydrogen-bond donors (Lipinski definition) is 1. The minimum absolute atomic E-state index is 0.0272. The number of carbonyl (C=O) groups excluding carboxylic acids is 1. The first-order valence-corrected chi connectivity index (χ1v) is 10.1. The van der Waals surface area contributed by atoms with Crippen molar-refractivity contribution in [3.05, 3.63) is 46.8 Å². The first-order chi connectivity index (χ1) is 15.0. The van der Waals surface area contributed by atoms with E-state index in [1.54, 1.807) is 6.07 Å². The van der Waals surface area contributed by atoms with E-state index in [2.05, 4.69) is 15.0 Å². The summed E-state index contributed by atoms with van der Waals surface area (Å²) in [5, 5.41) is 0. The number of halogens is 5. The number of nitrogens with two attached hydrogens (primary N) is 1. The van der Waals surface area contributed by atoms with Crippen LogP contribution >= 0.6 is 0 Å². The Kier molecular flexibility index (Phi) is 5.74. The summed E-state index contributed by atoms with van der Waals surface area (Å²) in [5.74, 6) is -3.45. The van der Waals surface area contributed by atoms with Gasteiger partial charge in [0.1, 0.15) is 17.7 Å². The van der Waals surface area contributed by atoms with Gasteiger partial charge in [0.15, 0.2) is 0 Å². The molecule has 4 rings (SSSR count). The Morgan fingerprint density at radius 2 is 1.84 bits per heavy atom. The maximum Gasteiger partial charge on any atom is 0.433 e. The van der Waals surface area contributed by atoms with Gasteiger partial charge in [-0.15, -0.1) is 0 Å². The quantitative estimate of drug-likeness (QED) is 0.712. The molecule has 1 saturated heterocycles. The number of piperidine rings is 1. The molecule has 12 heteroatoms. The molecule has 2 aliphatic rings. The standard InChI is InChI=1S/C20H21F5N6O/c21-19(22)2-5-31(6-3-19)16-8-14(18(26)32)29-15-10-30(4-1-13(15)16)9-12-7-17(20(23,24)25)28-11-27-12/h7-8,11H,1-6,9-10H2,(H2,26,32). The lowest BCUT2D eigenvalue weighted by atomic mass is 9.98. The van der Waals surface area contributed by atoms with Crippen molar-refractivity contribution < 1.29 is 26.7 Å². The van der Waals surface area contributed by atoms with E-state index in [0.717, 1.165) is 18.0 Å². The number of fused-ring (bicyclic) bond motifs is 1. The Bertz CT molecular complexity index is 1020. The Balaban J connectivity index is 1.58. The molecule has 0 unspecified atom stereocenters. The van der Waals surface area contributed by atoms with Crippen LogP contribution < -0.4 is 10.6 Å². The van der Waals surface area contributed by atoms with Crippen LogP contribution in [0, 0.1) is 0 Å². The average molecular weight is 456 g/mol. The highest BCUT2D eigenvalue weighted by atomic mass is 19.4. The summed E-state index contributed by atoms with van der Waals surface area (Å²) in [5.41, 5.74) is 6.72. The van der Waals surface area contributed by atoms with Crippen LogP contribution in [0.5, 0.6) is 0 Å². The smallest absolute Gasteiger partial charge is 0.371 e. The third-order valence-electron chi connectivity index (χ3n) is 5.73. The van der Waals surface area contributed by atoms with Crippen molar-refractivity contribution in [2.75, 3.05) is 24.5 Å². The molecular formula is C20H21F5N6O. The number of anilines is 1. The van der Waals surface area contributed by atoms with Gasteiger partial charge in [0, 0.05) is 51.3 Å². The van der Waals surface area contributed by atoms with E-state index in [9.17, 15) is 26.7 Å². The summed E-state index contributed by atoms with van der Waals surface area (Å²) in [7, 11) is 0. The van der Waals surface area contributed by atoms with Crippen LogP contribution in [0.15, 0.2) is 18.5 Å². The largest absolute Gasteiger partial charge is 0.433 e. The van der Waals surface area contributed by atoms with Crippen molar-refractivity contribution in [1.29, 1.82) is 0 Å². The topological polar surface area (TPSA) is 88.2 Å². The lowest BCUT2D eigenvalue weighted by Crippen LogP contribution is -2.41. The lowest BCUT2D eigenvalue weighted by molar-refractivity contribution is -0.141. The molecule has 4 heterocycles. The fourth-order valence-corrected chi connectivity index (χ4v) is 4.06. The Labute approximate surface area is 180 Å². The van der Waals surface area contributed by atoms with Crippen molar-refractivity contribution in [2.45, 2.75) is 44.5 Å². The molecule has 172 valence electrons. The van der Waals surface area contributed by atoms with Crippen molar-refractivity contribution in [2.24, 2.45) is 5.73 Å². The number of rotatable bonds is 4. The number of aromatic nitrogens is 3. The molecule has 2 aromatic heterocycles. The van der Waals surface area contributed by atoms with Gasteiger partial charge in [-0.05, 0) is 24.1 Å². The van der Waals surface area contributed by atoms with Gasteiger partial charge in [0.25, 0.3) is 11.8 Å². The fraction of sp³-hybridized carbons (Fsp3) is 0.500. The summed E-state index contributed by atoms with van der Waals surface area (Å²) in [6.45, 7) is 1.20. The zero-order valence-electron chi connectivity index (χ0n) is 17.0. The van der Waals surface area contributed by atoms with E-state index >= 15 is 0 Å². The normalized spacial score (nSPS) is 19.0. The second kappa shape index (κ2) is 8.23. The third kappa shape index (κ3) is 4.79. The maximum absolute atomic E-state index is 13.6. The number of alkyl halides is 5. The van der Waals surface area contributed by atoms with Gasteiger partial charge in [0.05, 0.1) is 11.4 Å². The molecule has 0 aliphatic carbocycles. The number of amides is 1. The summed E-state index contributed by atoms with van der Waals surface area (Å²) < 4.78 is 66.0. The van der Waals surface area contributed by atoms with Crippen LogP contribution in [0.4, 0.5) is 27.6 Å². The van der Waals surface area contributed by atoms with Gasteiger partial charge in [0.2, 0.25) is 0 Å². The average Bonchev–Trinajstić information content (AvgIpc) is 2.72. The maximum atomic E-state index is 13.6. The Morgan fingerprint density at radius 3 is 2.50 bits per heavy atom. The summed E-state index contributed by atoms with van der Waals surface area (Å²) >= 11 is 0. The zero-order chi connectivity index (χ0) is 23.1. The summed E-state index contributed by atoms with van der Waals surface area (Å²) in [6, 6.07) is 2.45. The SMILES string of the molecule is NC(=O)c1cc(N2CCC(F)(F)CC2)c2c(n1)CN(Cc1cc(C(F)(F)F)ncn1)CC2. The predicted octanol–water partition coefficient (Wildman–Crippen LogP) is 2.78. The highest BCUT2D eigenvalue weighted by Crippen LogP contribution is 2.35.